The molecule has 3 nitrogen and oxygen atoms in total. The molecule has 0 radical (unpaired) electrons. The Labute approximate surface area is 121 Å². The molecule has 0 amide bonds. The normalized spacial score (nSPS) is 12.6. The second-order valence-corrected chi connectivity index (χ2v) is 5.34. The van der Waals surface area contributed by atoms with Gasteiger partial charge in [0.15, 0.2) is 0 Å². The van der Waals surface area contributed by atoms with Crippen LogP contribution in [0.4, 0.5) is 4.39 Å². The second kappa shape index (κ2) is 6.30. The molecule has 0 aliphatic heterocycles. The van der Waals surface area contributed by atoms with Crippen LogP contribution in [0.2, 0.25) is 0 Å². The smallest absolute Gasteiger partial charge is 0.123 e. The van der Waals surface area contributed by atoms with Crippen molar-refractivity contribution in [2.24, 2.45) is 0 Å². The number of nitrogens with one attached hydrogen (secondary N) is 1. The number of hydrogen-bond donors (Lipinski definition) is 1. The van der Waals surface area contributed by atoms with Gasteiger partial charge in [-0.15, -0.1) is 0 Å². The zero-order valence-electron chi connectivity index (χ0n) is 11.0. The SMILES string of the molecule is CCNC(C)c1cnn(Cc2cc(F)ccc2Br)c1. The molecule has 1 N–H and O–H groups in total. The van der Waals surface area contributed by atoms with Gasteiger partial charge >= 0.3 is 0 Å². The van der Waals surface area contributed by atoms with Gasteiger partial charge in [-0.1, -0.05) is 22.9 Å². The Balaban J connectivity index is 2.13. The monoisotopic (exact) mass is 325 g/mol. The standard InChI is InChI=1S/C14H17BrFN3/c1-3-17-10(2)12-7-18-19(9-12)8-11-6-13(16)4-5-14(11)15/h4-7,9-10,17H,3,8H2,1-2H3. The molecule has 5 heteroatoms. The van der Waals surface area contributed by atoms with Crippen LogP contribution in [0.3, 0.4) is 0 Å². The van der Waals surface area contributed by atoms with E-state index in [0.29, 0.717) is 6.54 Å². The topological polar surface area (TPSA) is 29.9 Å². The molecule has 0 spiro atoms. The van der Waals surface area contributed by atoms with E-state index in [1.807, 2.05) is 17.1 Å². The maximum atomic E-state index is 13.2. The van der Waals surface area contributed by atoms with Gasteiger partial charge < -0.3 is 5.32 Å². The molecule has 19 heavy (non-hydrogen) atoms. The fraction of sp³-hybridized carbons (Fsp3) is 0.357. The highest BCUT2D eigenvalue weighted by Gasteiger charge is 2.08. The molecule has 0 saturated carbocycles. The fourth-order valence-corrected chi connectivity index (χ4v) is 2.32. The summed E-state index contributed by atoms with van der Waals surface area (Å²) in [5.41, 5.74) is 2.01. The molecule has 2 rings (SSSR count). The lowest BCUT2D eigenvalue weighted by Crippen LogP contribution is -2.17. The highest BCUT2D eigenvalue weighted by molar-refractivity contribution is 9.10. The van der Waals surface area contributed by atoms with Gasteiger partial charge in [0.1, 0.15) is 5.82 Å². The van der Waals surface area contributed by atoms with Crippen molar-refractivity contribution in [3.05, 3.63) is 52.0 Å². The van der Waals surface area contributed by atoms with Crippen LogP contribution in [0.1, 0.15) is 31.0 Å². The van der Waals surface area contributed by atoms with Gasteiger partial charge in [0.2, 0.25) is 0 Å². The van der Waals surface area contributed by atoms with Crippen molar-refractivity contribution in [1.29, 1.82) is 0 Å². The summed E-state index contributed by atoms with van der Waals surface area (Å²) in [5, 5.41) is 7.66. The van der Waals surface area contributed by atoms with Crippen LogP contribution in [0.25, 0.3) is 0 Å². The van der Waals surface area contributed by atoms with Crippen molar-refractivity contribution in [2.75, 3.05) is 6.54 Å². The summed E-state index contributed by atoms with van der Waals surface area (Å²) in [4.78, 5) is 0. The van der Waals surface area contributed by atoms with E-state index in [4.69, 9.17) is 0 Å². The van der Waals surface area contributed by atoms with E-state index in [1.165, 1.54) is 12.1 Å². The van der Waals surface area contributed by atoms with Gasteiger partial charge in [0, 0.05) is 22.3 Å². The molecule has 0 fully saturated rings. The third-order valence-corrected chi connectivity index (χ3v) is 3.78. The van der Waals surface area contributed by atoms with Gasteiger partial charge in [-0.05, 0) is 37.2 Å². The van der Waals surface area contributed by atoms with Crippen LogP contribution in [0, 0.1) is 5.82 Å². The average Bonchev–Trinajstić information content (AvgIpc) is 2.83. The summed E-state index contributed by atoms with van der Waals surface area (Å²) in [5.74, 6) is -0.230. The van der Waals surface area contributed by atoms with Crippen molar-refractivity contribution in [2.45, 2.75) is 26.4 Å². The van der Waals surface area contributed by atoms with E-state index in [9.17, 15) is 4.39 Å². The van der Waals surface area contributed by atoms with Crippen LogP contribution < -0.4 is 5.32 Å². The lowest BCUT2D eigenvalue weighted by Gasteiger charge is -2.09. The number of hydrogen-bond acceptors (Lipinski definition) is 2. The molecule has 0 aliphatic rings. The molecule has 102 valence electrons. The first kappa shape index (κ1) is 14.2. The minimum Gasteiger partial charge on any atom is -0.310 e. The fourth-order valence-electron chi connectivity index (χ4n) is 1.95. The van der Waals surface area contributed by atoms with E-state index < -0.39 is 0 Å². The molecular weight excluding hydrogens is 309 g/mol. The lowest BCUT2D eigenvalue weighted by molar-refractivity contribution is 0.595. The summed E-state index contributed by atoms with van der Waals surface area (Å²) < 4.78 is 15.9. The quantitative estimate of drug-likeness (QED) is 0.911. The average molecular weight is 326 g/mol. The Morgan fingerprint density at radius 1 is 1.47 bits per heavy atom. The minimum atomic E-state index is -0.230. The summed E-state index contributed by atoms with van der Waals surface area (Å²) in [6.07, 6.45) is 3.84. The molecular formula is C14H17BrFN3. The van der Waals surface area contributed by atoms with Gasteiger partial charge in [-0.2, -0.15) is 5.10 Å². The zero-order chi connectivity index (χ0) is 13.8. The van der Waals surface area contributed by atoms with E-state index >= 15 is 0 Å². The maximum Gasteiger partial charge on any atom is 0.123 e. The van der Waals surface area contributed by atoms with Crippen molar-refractivity contribution < 1.29 is 4.39 Å². The Bertz CT molecular complexity index is 553. The predicted molar refractivity (Wildman–Crippen MR) is 77.5 cm³/mol. The summed E-state index contributed by atoms with van der Waals surface area (Å²) >= 11 is 3.43. The van der Waals surface area contributed by atoms with Crippen molar-refractivity contribution in [3.63, 3.8) is 0 Å². The summed E-state index contributed by atoms with van der Waals surface area (Å²) in [7, 11) is 0. The van der Waals surface area contributed by atoms with Crippen molar-refractivity contribution >= 4 is 15.9 Å². The van der Waals surface area contributed by atoms with E-state index in [0.717, 1.165) is 22.1 Å². The predicted octanol–water partition coefficient (Wildman–Crippen LogP) is 3.50. The van der Waals surface area contributed by atoms with E-state index in [-0.39, 0.29) is 11.9 Å². The van der Waals surface area contributed by atoms with Gasteiger partial charge in [0.25, 0.3) is 0 Å². The van der Waals surface area contributed by atoms with Gasteiger partial charge in [-0.25, -0.2) is 4.39 Å². The van der Waals surface area contributed by atoms with E-state index in [1.54, 1.807) is 6.07 Å². The molecule has 1 atom stereocenters. The number of rotatable bonds is 5. The Morgan fingerprint density at radius 3 is 3.00 bits per heavy atom. The third kappa shape index (κ3) is 3.64. The van der Waals surface area contributed by atoms with Crippen LogP contribution in [-0.2, 0) is 6.54 Å². The molecule has 0 bridgehead atoms. The van der Waals surface area contributed by atoms with Crippen molar-refractivity contribution in [1.82, 2.24) is 15.1 Å². The summed E-state index contributed by atoms with van der Waals surface area (Å²) in [6, 6.07) is 4.96. The highest BCUT2D eigenvalue weighted by atomic mass is 79.9. The molecule has 0 aliphatic carbocycles. The van der Waals surface area contributed by atoms with Crippen LogP contribution in [-0.4, -0.2) is 16.3 Å². The van der Waals surface area contributed by atoms with Crippen LogP contribution in [0.15, 0.2) is 35.1 Å². The molecule has 1 aromatic carbocycles. The van der Waals surface area contributed by atoms with Crippen LogP contribution >= 0.6 is 15.9 Å². The molecule has 1 aromatic heterocycles. The molecule has 1 unspecified atom stereocenters. The molecule has 2 aromatic rings. The Hall–Kier alpha value is -1.20. The molecule has 0 saturated heterocycles. The lowest BCUT2D eigenvalue weighted by atomic mass is 10.2. The van der Waals surface area contributed by atoms with Gasteiger partial charge in [-0.3, -0.25) is 4.68 Å². The van der Waals surface area contributed by atoms with Crippen LogP contribution in [0.5, 0.6) is 0 Å². The largest absolute Gasteiger partial charge is 0.310 e. The third-order valence-electron chi connectivity index (χ3n) is 3.00. The van der Waals surface area contributed by atoms with Crippen molar-refractivity contribution in [3.8, 4) is 0 Å². The number of benzene rings is 1. The van der Waals surface area contributed by atoms with E-state index in [2.05, 4.69) is 40.2 Å². The second-order valence-electron chi connectivity index (χ2n) is 4.49. The zero-order valence-corrected chi connectivity index (χ0v) is 12.6. The van der Waals surface area contributed by atoms with Gasteiger partial charge in [0.05, 0.1) is 12.7 Å². The first-order chi connectivity index (χ1) is 9.10. The summed E-state index contributed by atoms with van der Waals surface area (Å²) in [6.45, 7) is 5.65. The number of nitrogens with zero attached hydrogens (tertiary/aromatic N) is 2. The highest BCUT2D eigenvalue weighted by Crippen LogP contribution is 2.19. The Kier molecular flexibility index (Phi) is 4.71. The Morgan fingerprint density at radius 2 is 2.26 bits per heavy atom. The minimum absolute atomic E-state index is 0.230. The first-order valence-electron chi connectivity index (χ1n) is 6.29. The molecule has 1 heterocycles. The number of halogens is 2. The number of aromatic nitrogens is 2. The maximum absolute atomic E-state index is 13.2. The first-order valence-corrected chi connectivity index (χ1v) is 7.09.